The Morgan fingerprint density at radius 3 is 3.11 bits per heavy atom. The molecule has 0 radical (unpaired) electrons. The van der Waals surface area contributed by atoms with Crippen molar-refractivity contribution in [3.05, 3.63) is 28.4 Å². The number of anilines is 2. The number of nitrogens with two attached hydrogens (primary N) is 1. The summed E-state index contributed by atoms with van der Waals surface area (Å²) in [5.74, 6) is -0.565. The number of nitrogen functional groups attached to an aromatic ring is 1. The van der Waals surface area contributed by atoms with Crippen LogP contribution in [-0.4, -0.2) is 23.3 Å². The molecule has 0 saturated carbocycles. The highest BCUT2D eigenvalue weighted by Gasteiger charge is 2.22. The molecule has 0 amide bonds. The maximum absolute atomic E-state index is 11.7. The molecule has 0 aliphatic carbocycles. The van der Waals surface area contributed by atoms with Gasteiger partial charge in [0.05, 0.1) is 19.0 Å². The Morgan fingerprint density at radius 1 is 1.74 bits per heavy atom. The SMILES string of the molecule is COC(=O)c1c(NCc2cn[nH]c2)sc(C#N)c1N. The summed E-state index contributed by atoms with van der Waals surface area (Å²) in [6.07, 6.45) is 3.39. The van der Waals surface area contributed by atoms with Gasteiger partial charge in [-0.2, -0.15) is 10.4 Å². The van der Waals surface area contributed by atoms with Crippen molar-refractivity contribution in [1.29, 1.82) is 5.26 Å². The van der Waals surface area contributed by atoms with Gasteiger partial charge in [0, 0.05) is 18.3 Å². The first kappa shape index (κ1) is 12.9. The molecule has 8 heteroatoms. The lowest BCUT2D eigenvalue weighted by molar-refractivity contribution is 0.0603. The number of aromatic nitrogens is 2. The molecule has 2 rings (SSSR count). The van der Waals surface area contributed by atoms with E-state index in [9.17, 15) is 4.79 Å². The zero-order valence-corrected chi connectivity index (χ0v) is 10.9. The van der Waals surface area contributed by atoms with Gasteiger partial charge in [-0.15, -0.1) is 11.3 Å². The third-order valence-electron chi connectivity index (χ3n) is 2.44. The zero-order chi connectivity index (χ0) is 13.8. The number of H-pyrrole nitrogens is 1. The van der Waals surface area contributed by atoms with Gasteiger partial charge in [0.25, 0.3) is 0 Å². The fourth-order valence-electron chi connectivity index (χ4n) is 1.51. The topological polar surface area (TPSA) is 117 Å². The Hall–Kier alpha value is -2.53. The number of hydrogen-bond acceptors (Lipinski definition) is 7. The molecule has 19 heavy (non-hydrogen) atoms. The highest BCUT2D eigenvalue weighted by molar-refractivity contribution is 7.17. The maximum atomic E-state index is 11.7. The van der Waals surface area contributed by atoms with Crippen LogP contribution in [0.15, 0.2) is 12.4 Å². The van der Waals surface area contributed by atoms with Gasteiger partial charge in [-0.3, -0.25) is 5.10 Å². The largest absolute Gasteiger partial charge is 0.465 e. The summed E-state index contributed by atoms with van der Waals surface area (Å²) >= 11 is 1.12. The Bertz CT molecular complexity index is 626. The second-order valence-corrected chi connectivity index (χ2v) is 4.63. The number of carbonyl (C=O) groups excluding carboxylic acids is 1. The molecule has 0 bridgehead atoms. The van der Waals surface area contributed by atoms with Gasteiger partial charge < -0.3 is 15.8 Å². The molecular formula is C11H11N5O2S. The number of carbonyl (C=O) groups is 1. The number of methoxy groups -OCH3 is 1. The van der Waals surface area contributed by atoms with Crippen molar-refractivity contribution in [3.8, 4) is 6.07 Å². The summed E-state index contributed by atoms with van der Waals surface area (Å²) < 4.78 is 4.67. The van der Waals surface area contributed by atoms with Crippen molar-refractivity contribution >= 4 is 28.0 Å². The minimum Gasteiger partial charge on any atom is -0.465 e. The second kappa shape index (κ2) is 5.41. The maximum Gasteiger partial charge on any atom is 0.343 e. The Labute approximate surface area is 113 Å². The molecule has 2 aromatic rings. The van der Waals surface area contributed by atoms with Gasteiger partial charge in [-0.05, 0) is 0 Å². The predicted octanol–water partition coefficient (Wildman–Crippen LogP) is 1.32. The first-order valence-corrected chi connectivity index (χ1v) is 6.11. The van der Waals surface area contributed by atoms with Crippen LogP contribution in [0.25, 0.3) is 0 Å². The summed E-state index contributed by atoms with van der Waals surface area (Å²) in [6.45, 7) is 0.464. The van der Waals surface area contributed by atoms with Gasteiger partial charge in [0.1, 0.15) is 21.5 Å². The number of nitrogens with zero attached hydrogens (tertiary/aromatic N) is 2. The van der Waals surface area contributed by atoms with Crippen molar-refractivity contribution < 1.29 is 9.53 Å². The Kier molecular flexibility index (Phi) is 3.68. The monoisotopic (exact) mass is 277 g/mol. The Morgan fingerprint density at radius 2 is 2.53 bits per heavy atom. The molecule has 0 unspecified atom stereocenters. The van der Waals surface area contributed by atoms with Crippen LogP contribution in [0, 0.1) is 11.3 Å². The van der Waals surface area contributed by atoms with E-state index in [1.807, 2.05) is 6.07 Å². The lowest BCUT2D eigenvalue weighted by Crippen LogP contribution is -2.08. The van der Waals surface area contributed by atoms with Gasteiger partial charge in [-0.25, -0.2) is 4.79 Å². The van der Waals surface area contributed by atoms with Crippen molar-refractivity contribution in [2.24, 2.45) is 0 Å². The van der Waals surface area contributed by atoms with Crippen molar-refractivity contribution in [2.45, 2.75) is 6.54 Å². The van der Waals surface area contributed by atoms with Crippen LogP contribution >= 0.6 is 11.3 Å². The Balaban J connectivity index is 2.28. The fourth-order valence-corrected chi connectivity index (χ4v) is 2.41. The van der Waals surface area contributed by atoms with E-state index < -0.39 is 5.97 Å². The van der Waals surface area contributed by atoms with Crippen molar-refractivity contribution in [3.63, 3.8) is 0 Å². The minimum absolute atomic E-state index is 0.147. The van der Waals surface area contributed by atoms with E-state index in [-0.39, 0.29) is 16.1 Å². The van der Waals surface area contributed by atoms with Crippen LogP contribution in [0.3, 0.4) is 0 Å². The molecular weight excluding hydrogens is 266 g/mol. The minimum atomic E-state index is -0.565. The van der Waals surface area contributed by atoms with Gasteiger partial charge in [0.15, 0.2) is 0 Å². The molecule has 0 fully saturated rings. The number of esters is 1. The first-order chi connectivity index (χ1) is 9.17. The summed E-state index contributed by atoms with van der Waals surface area (Å²) in [7, 11) is 1.27. The van der Waals surface area contributed by atoms with E-state index in [0.29, 0.717) is 11.5 Å². The average molecular weight is 277 g/mol. The lowest BCUT2D eigenvalue weighted by Gasteiger charge is -2.05. The fraction of sp³-hybridized carbons (Fsp3) is 0.182. The van der Waals surface area contributed by atoms with Crippen LogP contribution in [0.1, 0.15) is 20.8 Å². The summed E-state index contributed by atoms with van der Waals surface area (Å²) in [4.78, 5) is 12.0. The molecule has 98 valence electrons. The van der Waals surface area contributed by atoms with E-state index >= 15 is 0 Å². The third-order valence-corrected chi connectivity index (χ3v) is 3.51. The summed E-state index contributed by atoms with van der Waals surface area (Å²) in [5, 5.41) is 19.0. The third kappa shape index (κ3) is 2.51. The highest BCUT2D eigenvalue weighted by atomic mass is 32.1. The molecule has 0 aliphatic rings. The van der Waals surface area contributed by atoms with E-state index in [4.69, 9.17) is 11.0 Å². The second-order valence-electron chi connectivity index (χ2n) is 3.61. The summed E-state index contributed by atoms with van der Waals surface area (Å²) in [5.41, 5.74) is 7.04. The lowest BCUT2D eigenvalue weighted by atomic mass is 10.2. The van der Waals surface area contributed by atoms with Crippen LogP contribution in [0.4, 0.5) is 10.7 Å². The number of rotatable bonds is 4. The van der Waals surface area contributed by atoms with Crippen LogP contribution in [-0.2, 0) is 11.3 Å². The molecule has 0 aliphatic heterocycles. The van der Waals surface area contributed by atoms with E-state index in [1.54, 1.807) is 12.4 Å². The standard InChI is InChI=1S/C11H11N5O2S/c1-18-11(17)8-9(13)7(2-12)19-10(8)14-3-6-4-15-16-5-6/h4-5,14H,3,13H2,1H3,(H,15,16). The quantitative estimate of drug-likeness (QED) is 0.726. The van der Waals surface area contributed by atoms with Gasteiger partial charge in [0.2, 0.25) is 0 Å². The van der Waals surface area contributed by atoms with E-state index in [0.717, 1.165) is 16.9 Å². The molecule has 7 nitrogen and oxygen atoms in total. The number of aromatic amines is 1. The molecule has 2 heterocycles. The highest BCUT2D eigenvalue weighted by Crippen LogP contribution is 2.35. The summed E-state index contributed by atoms with van der Waals surface area (Å²) in [6, 6.07) is 1.96. The van der Waals surface area contributed by atoms with E-state index in [1.165, 1.54) is 7.11 Å². The average Bonchev–Trinajstić information content (AvgIpc) is 3.03. The molecule has 0 spiro atoms. The van der Waals surface area contributed by atoms with Gasteiger partial charge in [-0.1, -0.05) is 0 Å². The normalized spacial score (nSPS) is 9.89. The van der Waals surface area contributed by atoms with Crippen LogP contribution < -0.4 is 11.1 Å². The zero-order valence-electron chi connectivity index (χ0n) is 10.1. The molecule has 0 aromatic carbocycles. The van der Waals surface area contributed by atoms with E-state index in [2.05, 4.69) is 20.3 Å². The number of nitriles is 1. The number of ether oxygens (including phenoxy) is 1. The number of nitrogens with one attached hydrogen (secondary N) is 2. The number of hydrogen-bond donors (Lipinski definition) is 3. The number of thiophene rings is 1. The van der Waals surface area contributed by atoms with Crippen molar-refractivity contribution in [1.82, 2.24) is 10.2 Å². The van der Waals surface area contributed by atoms with Crippen LogP contribution in [0.5, 0.6) is 0 Å². The van der Waals surface area contributed by atoms with Crippen LogP contribution in [0.2, 0.25) is 0 Å². The van der Waals surface area contributed by atoms with Gasteiger partial charge >= 0.3 is 5.97 Å². The van der Waals surface area contributed by atoms with Crippen molar-refractivity contribution in [2.75, 3.05) is 18.2 Å². The smallest absolute Gasteiger partial charge is 0.343 e. The molecule has 0 saturated heterocycles. The predicted molar refractivity (Wildman–Crippen MR) is 70.7 cm³/mol. The molecule has 0 atom stereocenters. The molecule has 4 N–H and O–H groups in total. The molecule has 2 aromatic heterocycles. The first-order valence-electron chi connectivity index (χ1n) is 5.29.